The van der Waals surface area contributed by atoms with Crippen LogP contribution in [-0.2, 0) is 0 Å². The summed E-state index contributed by atoms with van der Waals surface area (Å²) in [7, 11) is 0. The van der Waals surface area contributed by atoms with E-state index < -0.39 is 0 Å². The predicted molar refractivity (Wildman–Crippen MR) is 116 cm³/mol. The Bertz CT molecular complexity index is 1050. The van der Waals surface area contributed by atoms with Crippen LogP contribution in [0, 0.1) is 0 Å². The lowest BCUT2D eigenvalue weighted by Crippen LogP contribution is -2.15. The molecule has 146 valence electrons. The molecule has 0 radical (unpaired) electrons. The first-order valence-electron chi connectivity index (χ1n) is 9.01. The number of Topliss-reactive ketones (excluding diaryl/α,β-unsaturated/α-hetero) is 1. The Labute approximate surface area is 174 Å². The van der Waals surface area contributed by atoms with Crippen LogP contribution in [0.25, 0.3) is 0 Å². The van der Waals surface area contributed by atoms with Crippen molar-refractivity contribution in [1.82, 2.24) is 0 Å². The zero-order valence-electron chi connectivity index (χ0n) is 15.7. The van der Waals surface area contributed by atoms with Gasteiger partial charge in [-0.15, -0.1) is 5.10 Å². The van der Waals surface area contributed by atoms with Crippen molar-refractivity contribution < 1.29 is 14.6 Å². The van der Waals surface area contributed by atoms with Gasteiger partial charge >= 0.3 is 0 Å². The van der Waals surface area contributed by atoms with E-state index in [1.54, 1.807) is 55.5 Å². The second-order valence-electron chi connectivity index (χ2n) is 6.04. The molecule has 3 aromatic carbocycles. The van der Waals surface area contributed by atoms with E-state index in [9.17, 15) is 9.90 Å². The molecule has 6 heteroatoms. The number of hydrogen-bond donors (Lipinski definition) is 1. The molecule has 0 fully saturated rings. The smallest absolute Gasteiger partial charge is 0.213 e. The van der Waals surface area contributed by atoms with E-state index in [4.69, 9.17) is 16.3 Å². The molecule has 0 heterocycles. The van der Waals surface area contributed by atoms with E-state index in [-0.39, 0.29) is 28.0 Å². The van der Waals surface area contributed by atoms with E-state index in [0.29, 0.717) is 23.3 Å². The van der Waals surface area contributed by atoms with Gasteiger partial charge < -0.3 is 9.84 Å². The van der Waals surface area contributed by atoms with Crippen LogP contribution in [0.15, 0.2) is 83.0 Å². The predicted octanol–water partition coefficient (Wildman–Crippen LogP) is 5.15. The fourth-order valence-electron chi connectivity index (χ4n) is 2.64. The first kappa shape index (κ1) is 20.3. The van der Waals surface area contributed by atoms with Gasteiger partial charge in [0.25, 0.3) is 0 Å². The molecule has 0 spiro atoms. The summed E-state index contributed by atoms with van der Waals surface area (Å²) in [5.74, 6) is -0.0971. The number of phenols is 1. The van der Waals surface area contributed by atoms with Gasteiger partial charge in [-0.1, -0.05) is 72.3 Å². The number of benzene rings is 3. The molecule has 3 rings (SSSR count). The van der Waals surface area contributed by atoms with Gasteiger partial charge in [0.1, 0.15) is 5.71 Å². The molecule has 0 unspecified atom stereocenters. The van der Waals surface area contributed by atoms with Crippen molar-refractivity contribution >= 4 is 29.3 Å². The van der Waals surface area contributed by atoms with Gasteiger partial charge in [-0.3, -0.25) is 4.79 Å². The van der Waals surface area contributed by atoms with Gasteiger partial charge in [0, 0.05) is 16.7 Å². The van der Waals surface area contributed by atoms with Crippen molar-refractivity contribution in [1.29, 1.82) is 0 Å². The minimum absolute atomic E-state index is 0.126. The summed E-state index contributed by atoms with van der Waals surface area (Å²) in [6.07, 6.45) is 1.45. The van der Waals surface area contributed by atoms with Crippen molar-refractivity contribution in [2.75, 3.05) is 6.61 Å². The summed E-state index contributed by atoms with van der Waals surface area (Å²) >= 11 is 6.04. The van der Waals surface area contributed by atoms with Crippen LogP contribution in [0.3, 0.4) is 0 Å². The van der Waals surface area contributed by atoms with E-state index >= 15 is 0 Å². The standard InChI is InChI=1S/C23H19ClN2O3/c1-2-29-20-14-16(13-19(24)23(20)28)15-25-26-21(17-9-5-3-6-10-17)22(27)18-11-7-4-8-12-18/h3-15,28H,2H2,1H3/b25-15+,26-21-. The van der Waals surface area contributed by atoms with Crippen LogP contribution in [0.1, 0.15) is 28.4 Å². The second-order valence-corrected chi connectivity index (χ2v) is 6.44. The molecule has 0 bridgehead atoms. The number of nitrogens with zero attached hydrogens (tertiary/aromatic N) is 2. The molecule has 0 aliphatic heterocycles. The lowest BCUT2D eigenvalue weighted by molar-refractivity contribution is 0.106. The number of phenolic OH excluding ortho intramolecular Hbond substituents is 1. The molecule has 1 N–H and O–H groups in total. The molecule has 0 saturated heterocycles. The Morgan fingerprint density at radius 3 is 2.28 bits per heavy atom. The molecule has 0 aliphatic carbocycles. The average molecular weight is 407 g/mol. The zero-order valence-corrected chi connectivity index (χ0v) is 16.5. The first-order valence-corrected chi connectivity index (χ1v) is 9.39. The van der Waals surface area contributed by atoms with Gasteiger partial charge in [0.15, 0.2) is 11.5 Å². The van der Waals surface area contributed by atoms with Crippen LogP contribution < -0.4 is 4.74 Å². The quantitative estimate of drug-likeness (QED) is 0.335. The summed E-state index contributed by atoms with van der Waals surface area (Å²) in [6, 6.07) is 21.2. The molecular weight excluding hydrogens is 388 g/mol. The summed E-state index contributed by atoms with van der Waals surface area (Å²) in [5, 5.41) is 18.4. The average Bonchev–Trinajstić information content (AvgIpc) is 2.75. The van der Waals surface area contributed by atoms with Crippen molar-refractivity contribution in [2.24, 2.45) is 10.2 Å². The molecule has 5 nitrogen and oxygen atoms in total. The van der Waals surface area contributed by atoms with Gasteiger partial charge in [-0.2, -0.15) is 5.10 Å². The van der Waals surface area contributed by atoms with Gasteiger partial charge in [0.2, 0.25) is 5.78 Å². The Hall–Kier alpha value is -3.44. The number of hydrogen-bond acceptors (Lipinski definition) is 5. The van der Waals surface area contributed by atoms with Crippen LogP contribution in [0.2, 0.25) is 5.02 Å². The maximum atomic E-state index is 12.9. The normalized spacial score (nSPS) is 11.6. The molecule has 0 atom stereocenters. The van der Waals surface area contributed by atoms with Crippen LogP contribution in [0.4, 0.5) is 0 Å². The lowest BCUT2D eigenvalue weighted by Gasteiger charge is -2.08. The Balaban J connectivity index is 1.96. The Morgan fingerprint density at radius 1 is 1.03 bits per heavy atom. The summed E-state index contributed by atoms with van der Waals surface area (Å²) in [5.41, 5.74) is 2.00. The highest BCUT2D eigenvalue weighted by Crippen LogP contribution is 2.34. The SMILES string of the molecule is CCOc1cc(/C=N/N=C(\C(=O)c2ccccc2)c2ccccc2)cc(Cl)c1O. The first-order chi connectivity index (χ1) is 14.1. The van der Waals surface area contributed by atoms with E-state index in [1.165, 1.54) is 6.21 Å². The highest BCUT2D eigenvalue weighted by molar-refractivity contribution is 6.51. The number of aromatic hydroxyl groups is 1. The third-order valence-electron chi connectivity index (χ3n) is 4.01. The Kier molecular flexibility index (Phi) is 6.76. The molecule has 3 aromatic rings. The second kappa shape index (κ2) is 9.66. The number of rotatable bonds is 7. The van der Waals surface area contributed by atoms with Crippen molar-refractivity contribution in [2.45, 2.75) is 6.92 Å². The maximum Gasteiger partial charge on any atom is 0.213 e. The molecule has 0 saturated carbocycles. The van der Waals surface area contributed by atoms with E-state index in [2.05, 4.69) is 10.2 Å². The van der Waals surface area contributed by atoms with Crippen molar-refractivity contribution in [3.8, 4) is 11.5 Å². The molecule has 29 heavy (non-hydrogen) atoms. The van der Waals surface area contributed by atoms with Crippen LogP contribution in [-0.4, -0.2) is 29.4 Å². The van der Waals surface area contributed by atoms with Crippen LogP contribution >= 0.6 is 11.6 Å². The fourth-order valence-corrected chi connectivity index (χ4v) is 2.86. The van der Waals surface area contributed by atoms with Crippen LogP contribution in [0.5, 0.6) is 11.5 Å². The molecular formula is C23H19ClN2O3. The minimum Gasteiger partial charge on any atom is -0.503 e. The number of carbonyl (C=O) groups is 1. The van der Waals surface area contributed by atoms with Gasteiger partial charge in [-0.05, 0) is 19.1 Å². The van der Waals surface area contributed by atoms with Crippen molar-refractivity contribution in [3.63, 3.8) is 0 Å². The van der Waals surface area contributed by atoms with Crippen molar-refractivity contribution in [3.05, 3.63) is 94.5 Å². The Morgan fingerprint density at radius 2 is 1.66 bits per heavy atom. The lowest BCUT2D eigenvalue weighted by atomic mass is 10.0. The van der Waals surface area contributed by atoms with Gasteiger partial charge in [-0.25, -0.2) is 0 Å². The third kappa shape index (κ3) is 5.09. The molecule has 0 amide bonds. The highest BCUT2D eigenvalue weighted by atomic mass is 35.5. The van der Waals surface area contributed by atoms with Gasteiger partial charge in [0.05, 0.1) is 17.8 Å². The number of ketones is 1. The summed E-state index contributed by atoms with van der Waals surface area (Å²) in [6.45, 7) is 2.19. The number of halogens is 1. The van der Waals surface area contributed by atoms with E-state index in [1.807, 2.05) is 24.3 Å². The monoisotopic (exact) mass is 406 g/mol. The fraction of sp³-hybridized carbons (Fsp3) is 0.0870. The topological polar surface area (TPSA) is 71.2 Å². The zero-order chi connectivity index (χ0) is 20.6. The summed E-state index contributed by atoms with van der Waals surface area (Å²) in [4.78, 5) is 12.9. The highest BCUT2D eigenvalue weighted by Gasteiger charge is 2.16. The summed E-state index contributed by atoms with van der Waals surface area (Å²) < 4.78 is 5.36. The molecule has 0 aliphatic rings. The minimum atomic E-state index is -0.229. The number of ether oxygens (including phenoxy) is 1. The third-order valence-corrected chi connectivity index (χ3v) is 4.30. The molecule has 0 aromatic heterocycles. The van der Waals surface area contributed by atoms with E-state index in [0.717, 1.165) is 0 Å². The maximum absolute atomic E-state index is 12.9. The largest absolute Gasteiger partial charge is 0.503 e. The number of carbonyl (C=O) groups excluding carboxylic acids is 1.